The van der Waals surface area contributed by atoms with Gasteiger partial charge in [0, 0.05) is 27.5 Å². The Bertz CT molecular complexity index is 2200. The van der Waals surface area contributed by atoms with Crippen LogP contribution in [-0.4, -0.2) is 15.0 Å². The zero-order valence-corrected chi connectivity index (χ0v) is 22.0. The second-order valence-electron chi connectivity index (χ2n) is 10.1. The Balaban J connectivity index is 1.41. The van der Waals surface area contributed by atoms with E-state index in [1.807, 2.05) is 60.7 Å². The maximum atomic E-state index is 6.36. The Morgan fingerprint density at radius 3 is 1.71 bits per heavy atom. The smallest absolute Gasteiger partial charge is 0.164 e. The lowest BCUT2D eigenvalue weighted by Gasteiger charge is -2.12. The van der Waals surface area contributed by atoms with Crippen LogP contribution in [0.2, 0.25) is 0 Å². The first kappa shape index (κ1) is 23.3. The monoisotopic (exact) mass is 525 g/mol. The standard InChI is InChI=1S/C37H23N3O/c1-3-12-24(13-4-1)28-18-9-10-19-29(28)36-38-35(25-14-5-2-6-15-25)39-37(40-36)30-20-11-21-32-34(30)31-22-26-16-7-8-17-27(26)23-33(31)41-32/h1-23H. The van der Waals surface area contributed by atoms with Gasteiger partial charge in [0.25, 0.3) is 0 Å². The van der Waals surface area contributed by atoms with Gasteiger partial charge in [0.15, 0.2) is 17.5 Å². The van der Waals surface area contributed by atoms with Crippen molar-refractivity contribution in [2.24, 2.45) is 0 Å². The van der Waals surface area contributed by atoms with E-state index in [1.54, 1.807) is 0 Å². The summed E-state index contributed by atoms with van der Waals surface area (Å²) in [6.45, 7) is 0. The summed E-state index contributed by atoms with van der Waals surface area (Å²) in [7, 11) is 0. The molecule has 0 aliphatic carbocycles. The number of aromatic nitrogens is 3. The molecule has 0 fully saturated rings. The number of hydrogen-bond acceptors (Lipinski definition) is 4. The average molecular weight is 526 g/mol. The lowest BCUT2D eigenvalue weighted by Crippen LogP contribution is -2.01. The molecule has 6 aromatic carbocycles. The molecule has 0 saturated carbocycles. The van der Waals surface area contributed by atoms with Crippen molar-refractivity contribution in [1.82, 2.24) is 15.0 Å². The van der Waals surface area contributed by atoms with Gasteiger partial charge in [-0.3, -0.25) is 0 Å². The van der Waals surface area contributed by atoms with Gasteiger partial charge in [-0.05, 0) is 40.1 Å². The van der Waals surface area contributed by atoms with Gasteiger partial charge in [-0.15, -0.1) is 0 Å². The van der Waals surface area contributed by atoms with Crippen LogP contribution >= 0.6 is 0 Å². The van der Waals surface area contributed by atoms with Crippen LogP contribution in [0.4, 0.5) is 0 Å². The summed E-state index contributed by atoms with van der Waals surface area (Å²) in [6.07, 6.45) is 0. The van der Waals surface area contributed by atoms with E-state index < -0.39 is 0 Å². The zero-order valence-electron chi connectivity index (χ0n) is 22.0. The van der Waals surface area contributed by atoms with E-state index in [-0.39, 0.29) is 0 Å². The fourth-order valence-electron chi connectivity index (χ4n) is 5.58. The molecule has 0 atom stereocenters. The summed E-state index contributed by atoms with van der Waals surface area (Å²) in [5, 5.41) is 4.35. The predicted octanol–water partition coefficient (Wildman–Crippen LogP) is 9.59. The number of benzene rings is 6. The molecule has 2 aromatic heterocycles. The van der Waals surface area contributed by atoms with Gasteiger partial charge in [0.1, 0.15) is 11.2 Å². The van der Waals surface area contributed by atoms with Crippen molar-refractivity contribution in [2.45, 2.75) is 0 Å². The van der Waals surface area contributed by atoms with Crippen molar-refractivity contribution in [3.8, 4) is 45.3 Å². The molecule has 0 bridgehead atoms. The lowest BCUT2D eigenvalue weighted by atomic mass is 9.99. The van der Waals surface area contributed by atoms with E-state index in [0.717, 1.165) is 60.5 Å². The number of rotatable bonds is 4. The molecule has 4 heteroatoms. The quantitative estimate of drug-likeness (QED) is 0.230. The Hall–Kier alpha value is -5.61. The van der Waals surface area contributed by atoms with E-state index >= 15 is 0 Å². The Kier molecular flexibility index (Phi) is 5.42. The van der Waals surface area contributed by atoms with E-state index in [2.05, 4.69) is 78.9 Å². The fourth-order valence-corrected chi connectivity index (χ4v) is 5.58. The largest absolute Gasteiger partial charge is 0.456 e. The highest BCUT2D eigenvalue weighted by Gasteiger charge is 2.19. The first-order valence-corrected chi connectivity index (χ1v) is 13.6. The molecule has 0 aliphatic rings. The van der Waals surface area contributed by atoms with Crippen molar-refractivity contribution in [2.75, 3.05) is 0 Å². The summed E-state index contributed by atoms with van der Waals surface area (Å²) >= 11 is 0. The zero-order chi connectivity index (χ0) is 27.2. The highest BCUT2D eigenvalue weighted by atomic mass is 16.3. The van der Waals surface area contributed by atoms with Crippen molar-refractivity contribution in [1.29, 1.82) is 0 Å². The molecule has 2 heterocycles. The van der Waals surface area contributed by atoms with Crippen molar-refractivity contribution < 1.29 is 4.42 Å². The third-order valence-corrected chi connectivity index (χ3v) is 7.52. The van der Waals surface area contributed by atoms with Crippen LogP contribution in [0.3, 0.4) is 0 Å². The van der Waals surface area contributed by atoms with Gasteiger partial charge in [-0.25, -0.2) is 15.0 Å². The van der Waals surface area contributed by atoms with Crippen LogP contribution in [0, 0.1) is 0 Å². The Morgan fingerprint density at radius 2 is 0.951 bits per heavy atom. The van der Waals surface area contributed by atoms with Gasteiger partial charge >= 0.3 is 0 Å². The normalized spacial score (nSPS) is 11.4. The van der Waals surface area contributed by atoms with Crippen LogP contribution in [-0.2, 0) is 0 Å². The maximum absolute atomic E-state index is 6.36. The van der Waals surface area contributed by atoms with Crippen LogP contribution in [0.1, 0.15) is 0 Å². The molecule has 0 radical (unpaired) electrons. The van der Waals surface area contributed by atoms with Gasteiger partial charge in [-0.2, -0.15) is 0 Å². The van der Waals surface area contributed by atoms with Gasteiger partial charge in [0.05, 0.1) is 0 Å². The maximum Gasteiger partial charge on any atom is 0.164 e. The van der Waals surface area contributed by atoms with E-state index in [0.29, 0.717) is 17.5 Å². The fraction of sp³-hybridized carbons (Fsp3) is 0. The summed E-state index contributed by atoms with van der Waals surface area (Å²) in [5.74, 6) is 1.87. The molecule has 0 amide bonds. The van der Waals surface area contributed by atoms with Gasteiger partial charge in [0.2, 0.25) is 0 Å². The number of fused-ring (bicyclic) bond motifs is 4. The second kappa shape index (κ2) is 9.54. The van der Waals surface area contributed by atoms with E-state index in [9.17, 15) is 0 Å². The minimum Gasteiger partial charge on any atom is -0.456 e. The third-order valence-electron chi connectivity index (χ3n) is 7.52. The van der Waals surface area contributed by atoms with Crippen molar-refractivity contribution in [3.63, 3.8) is 0 Å². The molecule has 8 rings (SSSR count). The number of furan rings is 1. The molecule has 192 valence electrons. The van der Waals surface area contributed by atoms with Gasteiger partial charge < -0.3 is 4.42 Å². The third kappa shape index (κ3) is 4.05. The number of nitrogens with zero attached hydrogens (tertiary/aromatic N) is 3. The molecule has 0 spiro atoms. The molecule has 41 heavy (non-hydrogen) atoms. The molecule has 0 saturated heterocycles. The molecule has 0 unspecified atom stereocenters. The lowest BCUT2D eigenvalue weighted by molar-refractivity contribution is 0.669. The SMILES string of the molecule is c1ccc(-c2nc(-c3ccccc3-c3ccccc3)nc(-c3cccc4oc5cc6ccccc6cc5c34)n2)cc1. The van der Waals surface area contributed by atoms with E-state index in [4.69, 9.17) is 19.4 Å². The highest BCUT2D eigenvalue weighted by Crippen LogP contribution is 2.39. The predicted molar refractivity (Wildman–Crippen MR) is 166 cm³/mol. The van der Waals surface area contributed by atoms with Crippen molar-refractivity contribution in [3.05, 3.63) is 140 Å². The minimum absolute atomic E-state index is 0.609. The van der Waals surface area contributed by atoms with Crippen LogP contribution in [0.25, 0.3) is 78.0 Å². The molecule has 0 aliphatic heterocycles. The summed E-state index contributed by atoms with van der Waals surface area (Å²) in [6, 6.07) is 47.5. The van der Waals surface area contributed by atoms with Gasteiger partial charge in [-0.1, -0.05) is 121 Å². The Labute approximate surface area is 236 Å². The second-order valence-corrected chi connectivity index (χ2v) is 10.1. The van der Waals surface area contributed by atoms with Crippen LogP contribution in [0.15, 0.2) is 144 Å². The molecule has 8 aromatic rings. The van der Waals surface area contributed by atoms with Crippen LogP contribution in [0.5, 0.6) is 0 Å². The summed E-state index contributed by atoms with van der Waals surface area (Å²) in [4.78, 5) is 15.2. The minimum atomic E-state index is 0.609. The number of hydrogen-bond donors (Lipinski definition) is 0. The Morgan fingerprint density at radius 1 is 0.390 bits per heavy atom. The summed E-state index contributed by atoms with van der Waals surface area (Å²) < 4.78 is 6.36. The topological polar surface area (TPSA) is 51.8 Å². The first-order chi connectivity index (χ1) is 20.3. The highest BCUT2D eigenvalue weighted by molar-refractivity contribution is 6.15. The molecule has 0 N–H and O–H groups in total. The average Bonchev–Trinajstić information content (AvgIpc) is 3.42. The first-order valence-electron chi connectivity index (χ1n) is 13.6. The molecular formula is C37H23N3O. The molecular weight excluding hydrogens is 502 g/mol. The van der Waals surface area contributed by atoms with Crippen LogP contribution < -0.4 is 0 Å². The summed E-state index contributed by atoms with van der Waals surface area (Å²) in [5.41, 5.74) is 6.64. The van der Waals surface area contributed by atoms with Crippen molar-refractivity contribution >= 4 is 32.7 Å². The molecule has 4 nitrogen and oxygen atoms in total. The van der Waals surface area contributed by atoms with E-state index in [1.165, 1.54) is 0 Å².